The Balaban J connectivity index is 2.66. The highest BCUT2D eigenvalue weighted by Crippen LogP contribution is 2.02. The smallest absolute Gasteiger partial charge is 0.374 e. The van der Waals surface area contributed by atoms with E-state index in [2.05, 4.69) is 15.0 Å². The van der Waals surface area contributed by atoms with E-state index in [1.165, 1.54) is 0 Å². The van der Waals surface area contributed by atoms with Crippen molar-refractivity contribution in [3.05, 3.63) is 17.5 Å². The molecule has 0 radical (unpaired) electrons. The van der Waals surface area contributed by atoms with Gasteiger partial charge in [-0.15, -0.1) is 0 Å². The third-order valence-electron chi connectivity index (χ3n) is 1.38. The summed E-state index contributed by atoms with van der Waals surface area (Å²) in [4.78, 5) is 21.5. The highest BCUT2D eigenvalue weighted by Gasteiger charge is 2.15. The lowest BCUT2D eigenvalue weighted by molar-refractivity contribution is 0.0651. The van der Waals surface area contributed by atoms with Crippen molar-refractivity contribution in [2.75, 3.05) is 13.1 Å². The van der Waals surface area contributed by atoms with Crippen molar-refractivity contribution in [1.82, 2.24) is 10.5 Å². The average molecular weight is 199 g/mol. The van der Waals surface area contributed by atoms with Gasteiger partial charge in [0.25, 0.3) is 5.91 Å². The molecule has 0 saturated carbocycles. The Hall–Kier alpha value is -1.89. The summed E-state index contributed by atoms with van der Waals surface area (Å²) in [6.45, 7) is 0.601. The maximum Gasteiger partial charge on any atom is 0.374 e. The molecule has 7 heteroatoms. The number of carbonyl (C=O) groups excluding carboxylic acids is 1. The van der Waals surface area contributed by atoms with Crippen LogP contribution in [0.3, 0.4) is 0 Å². The van der Waals surface area contributed by atoms with Crippen LogP contribution in [0.15, 0.2) is 10.6 Å². The number of hydrogen-bond acceptors (Lipinski definition) is 5. The topological polar surface area (TPSA) is 118 Å². The number of nitrogens with zero attached hydrogens (tertiary/aromatic N) is 1. The Morgan fingerprint density at radius 2 is 2.36 bits per heavy atom. The van der Waals surface area contributed by atoms with Crippen molar-refractivity contribution in [2.45, 2.75) is 0 Å². The minimum absolute atomic E-state index is 0.0733. The van der Waals surface area contributed by atoms with Crippen LogP contribution in [0.2, 0.25) is 0 Å². The van der Waals surface area contributed by atoms with Crippen LogP contribution in [0.4, 0.5) is 0 Å². The third-order valence-corrected chi connectivity index (χ3v) is 1.38. The normalized spacial score (nSPS) is 9.79. The largest absolute Gasteiger partial charge is 0.475 e. The van der Waals surface area contributed by atoms with Crippen molar-refractivity contribution in [2.24, 2.45) is 5.73 Å². The molecule has 0 bridgehead atoms. The quantitative estimate of drug-likeness (QED) is 0.576. The molecule has 1 aromatic rings. The van der Waals surface area contributed by atoms with Crippen LogP contribution >= 0.6 is 0 Å². The van der Waals surface area contributed by atoms with Gasteiger partial charge in [0.1, 0.15) is 0 Å². The third kappa shape index (κ3) is 2.30. The van der Waals surface area contributed by atoms with Crippen molar-refractivity contribution in [3.63, 3.8) is 0 Å². The molecule has 0 aliphatic rings. The van der Waals surface area contributed by atoms with E-state index in [0.717, 1.165) is 6.07 Å². The molecule has 4 N–H and O–H groups in total. The number of carboxylic acid groups (broad SMARTS) is 1. The molecule has 1 amide bonds. The van der Waals surface area contributed by atoms with Gasteiger partial charge in [0.2, 0.25) is 5.76 Å². The van der Waals surface area contributed by atoms with Gasteiger partial charge >= 0.3 is 5.97 Å². The van der Waals surface area contributed by atoms with Gasteiger partial charge in [-0.25, -0.2) is 4.79 Å². The van der Waals surface area contributed by atoms with Gasteiger partial charge in [0.15, 0.2) is 5.69 Å². The Kier molecular flexibility index (Phi) is 3.19. The van der Waals surface area contributed by atoms with E-state index in [4.69, 9.17) is 10.8 Å². The summed E-state index contributed by atoms with van der Waals surface area (Å²) in [6.07, 6.45) is 0. The van der Waals surface area contributed by atoms with Crippen molar-refractivity contribution in [1.29, 1.82) is 0 Å². The molecule has 76 valence electrons. The Morgan fingerprint density at radius 3 is 2.86 bits per heavy atom. The molecule has 14 heavy (non-hydrogen) atoms. The fraction of sp³-hybridized carbons (Fsp3) is 0.286. The minimum atomic E-state index is -1.27. The van der Waals surface area contributed by atoms with Gasteiger partial charge < -0.3 is 20.7 Å². The molecule has 0 spiro atoms. The summed E-state index contributed by atoms with van der Waals surface area (Å²) in [6, 6.07) is 1.05. The van der Waals surface area contributed by atoms with Gasteiger partial charge in [-0.2, -0.15) is 0 Å². The first kappa shape index (κ1) is 10.2. The van der Waals surface area contributed by atoms with Crippen LogP contribution in [0.5, 0.6) is 0 Å². The van der Waals surface area contributed by atoms with Crippen molar-refractivity contribution in [3.8, 4) is 0 Å². The lowest BCUT2D eigenvalue weighted by Gasteiger charge is -1.97. The summed E-state index contributed by atoms with van der Waals surface area (Å²) in [5.74, 6) is -2.15. The zero-order valence-electron chi connectivity index (χ0n) is 7.19. The van der Waals surface area contributed by atoms with Gasteiger partial charge in [0, 0.05) is 19.2 Å². The van der Waals surface area contributed by atoms with Gasteiger partial charge in [-0.1, -0.05) is 5.16 Å². The standard InChI is InChI=1S/C7H9N3O4/c8-1-2-9-6(11)4-3-5(7(12)13)14-10-4/h3H,1-2,8H2,(H,9,11)(H,12,13). The second-order valence-corrected chi connectivity index (χ2v) is 2.43. The fourth-order valence-corrected chi connectivity index (χ4v) is 0.759. The predicted octanol–water partition coefficient (Wildman–Crippen LogP) is -0.939. The molecule has 1 rings (SSSR count). The number of aromatic carboxylic acids is 1. The van der Waals surface area contributed by atoms with Gasteiger partial charge in [-0.05, 0) is 0 Å². The second-order valence-electron chi connectivity index (χ2n) is 2.43. The summed E-state index contributed by atoms with van der Waals surface area (Å²) in [5, 5.41) is 14.2. The molecule has 0 unspecified atom stereocenters. The Morgan fingerprint density at radius 1 is 1.64 bits per heavy atom. The Labute approximate surface area is 78.9 Å². The molecule has 0 aromatic carbocycles. The first-order valence-corrected chi connectivity index (χ1v) is 3.83. The van der Waals surface area contributed by atoms with E-state index in [0.29, 0.717) is 13.1 Å². The van der Waals surface area contributed by atoms with E-state index in [9.17, 15) is 9.59 Å². The van der Waals surface area contributed by atoms with Crippen LogP contribution in [0.25, 0.3) is 0 Å². The number of hydrogen-bond donors (Lipinski definition) is 3. The maximum absolute atomic E-state index is 11.2. The molecule has 7 nitrogen and oxygen atoms in total. The lowest BCUT2D eigenvalue weighted by Crippen LogP contribution is -2.29. The van der Waals surface area contributed by atoms with Crippen molar-refractivity contribution >= 4 is 11.9 Å². The predicted molar refractivity (Wildman–Crippen MR) is 44.8 cm³/mol. The van der Waals surface area contributed by atoms with Gasteiger partial charge in [0.05, 0.1) is 0 Å². The van der Waals surface area contributed by atoms with Crippen LogP contribution in [0.1, 0.15) is 21.0 Å². The van der Waals surface area contributed by atoms with E-state index in [-0.39, 0.29) is 11.5 Å². The zero-order valence-corrected chi connectivity index (χ0v) is 7.19. The summed E-state index contributed by atoms with van der Waals surface area (Å²) >= 11 is 0. The molecule has 0 fully saturated rings. The molecular formula is C7H9N3O4. The average Bonchev–Trinajstić information content (AvgIpc) is 2.62. The molecule has 0 atom stereocenters. The number of carboxylic acids is 1. The maximum atomic E-state index is 11.2. The minimum Gasteiger partial charge on any atom is -0.475 e. The highest BCUT2D eigenvalue weighted by atomic mass is 16.5. The highest BCUT2D eigenvalue weighted by molar-refractivity contribution is 5.94. The first-order valence-electron chi connectivity index (χ1n) is 3.83. The van der Waals surface area contributed by atoms with E-state index >= 15 is 0 Å². The molecule has 0 aliphatic carbocycles. The Bertz CT molecular complexity index is 346. The summed E-state index contributed by atoms with van der Waals surface area (Å²) in [5.41, 5.74) is 5.08. The van der Waals surface area contributed by atoms with E-state index in [1.54, 1.807) is 0 Å². The molecule has 1 aromatic heterocycles. The number of carbonyl (C=O) groups is 2. The lowest BCUT2D eigenvalue weighted by atomic mass is 10.3. The summed E-state index contributed by atoms with van der Waals surface area (Å²) in [7, 11) is 0. The molecule has 0 saturated heterocycles. The number of aromatic nitrogens is 1. The summed E-state index contributed by atoms with van der Waals surface area (Å²) < 4.78 is 4.39. The molecule has 0 aliphatic heterocycles. The molecule has 1 heterocycles. The van der Waals surface area contributed by atoms with E-state index < -0.39 is 11.9 Å². The first-order chi connectivity index (χ1) is 6.65. The number of nitrogens with one attached hydrogen (secondary N) is 1. The number of amides is 1. The van der Waals surface area contributed by atoms with E-state index in [1.807, 2.05) is 0 Å². The van der Waals surface area contributed by atoms with Crippen LogP contribution in [-0.2, 0) is 0 Å². The van der Waals surface area contributed by atoms with Crippen molar-refractivity contribution < 1.29 is 19.2 Å². The zero-order chi connectivity index (χ0) is 10.6. The fourth-order valence-electron chi connectivity index (χ4n) is 0.759. The number of rotatable bonds is 4. The second kappa shape index (κ2) is 4.38. The molecular weight excluding hydrogens is 190 g/mol. The van der Waals surface area contributed by atoms with Crippen LogP contribution in [0, 0.1) is 0 Å². The monoisotopic (exact) mass is 199 g/mol. The SMILES string of the molecule is NCCNC(=O)c1cc(C(=O)O)on1. The number of nitrogens with two attached hydrogens (primary N) is 1. The van der Waals surface area contributed by atoms with Crippen LogP contribution in [-0.4, -0.2) is 35.2 Å². The van der Waals surface area contributed by atoms with Gasteiger partial charge in [-0.3, -0.25) is 4.79 Å². The van der Waals surface area contributed by atoms with Crippen LogP contribution < -0.4 is 11.1 Å².